The number of aromatic amines is 1. The van der Waals surface area contributed by atoms with Crippen LogP contribution in [0.5, 0.6) is 0 Å². The highest BCUT2D eigenvalue weighted by molar-refractivity contribution is 5.79. The first kappa shape index (κ1) is 14.6. The molecule has 0 spiro atoms. The van der Waals surface area contributed by atoms with Gasteiger partial charge in [-0.15, -0.1) is 0 Å². The third-order valence-electron chi connectivity index (χ3n) is 4.14. The molecular weight excluding hydrogens is 288 g/mol. The fraction of sp³-hybridized carbons (Fsp3) is 0.571. The first-order valence-corrected chi connectivity index (χ1v) is 7.23. The van der Waals surface area contributed by atoms with Crippen LogP contribution in [0.2, 0.25) is 0 Å². The molecule has 2 amide bonds. The summed E-state index contributed by atoms with van der Waals surface area (Å²) in [7, 11) is 0. The maximum absolute atomic E-state index is 12.4. The molecule has 2 fully saturated rings. The molecule has 0 aliphatic carbocycles. The van der Waals surface area contributed by atoms with Gasteiger partial charge < -0.3 is 14.6 Å². The van der Waals surface area contributed by atoms with E-state index < -0.39 is 0 Å². The second-order valence-corrected chi connectivity index (χ2v) is 5.66. The largest absolute Gasteiger partial charge is 0.447 e. The van der Waals surface area contributed by atoms with Crippen molar-refractivity contribution in [1.82, 2.24) is 19.8 Å². The molecule has 0 saturated carbocycles. The Bertz CT molecular complexity index is 684. The van der Waals surface area contributed by atoms with Crippen LogP contribution in [0.25, 0.3) is 0 Å². The lowest BCUT2D eigenvalue weighted by Crippen LogP contribution is -2.54. The maximum atomic E-state index is 12.4. The smallest absolute Gasteiger partial charge is 0.410 e. The van der Waals surface area contributed by atoms with Gasteiger partial charge in [0.05, 0.1) is 12.5 Å². The summed E-state index contributed by atoms with van der Waals surface area (Å²) in [5.41, 5.74) is 0.709. The van der Waals surface area contributed by atoms with E-state index >= 15 is 0 Å². The summed E-state index contributed by atoms with van der Waals surface area (Å²) < 4.78 is 4.98. The highest BCUT2D eigenvalue weighted by Crippen LogP contribution is 2.18. The van der Waals surface area contributed by atoms with Gasteiger partial charge in [-0.2, -0.15) is 0 Å². The maximum Gasteiger partial charge on any atom is 0.410 e. The van der Waals surface area contributed by atoms with E-state index in [0.29, 0.717) is 43.3 Å². The number of carbonyl (C=O) groups excluding carboxylic acids is 2. The number of piperazine rings is 1. The molecule has 118 valence electrons. The second-order valence-electron chi connectivity index (χ2n) is 5.66. The zero-order valence-electron chi connectivity index (χ0n) is 12.6. The lowest BCUT2D eigenvalue weighted by Gasteiger charge is -2.35. The van der Waals surface area contributed by atoms with E-state index in [-0.39, 0.29) is 30.0 Å². The highest BCUT2D eigenvalue weighted by atomic mass is 16.6. The Morgan fingerprint density at radius 2 is 2.14 bits per heavy atom. The van der Waals surface area contributed by atoms with Gasteiger partial charge in [0.25, 0.3) is 5.56 Å². The first-order valence-electron chi connectivity index (χ1n) is 7.23. The van der Waals surface area contributed by atoms with Crippen LogP contribution in [0.4, 0.5) is 4.79 Å². The Kier molecular flexibility index (Phi) is 3.59. The molecule has 2 aliphatic heterocycles. The fourth-order valence-corrected chi connectivity index (χ4v) is 2.94. The van der Waals surface area contributed by atoms with Crippen molar-refractivity contribution in [2.45, 2.75) is 26.3 Å². The van der Waals surface area contributed by atoms with Crippen molar-refractivity contribution in [3.05, 3.63) is 27.4 Å². The van der Waals surface area contributed by atoms with Crippen LogP contribution in [0.3, 0.4) is 0 Å². The Balaban J connectivity index is 1.71. The molecule has 0 unspecified atom stereocenters. The SMILES string of the molecule is Cc1nc(C)c(CC(=O)N2CCN3C(=O)OC[C@@H]3C2)c(=O)[nH]1. The van der Waals surface area contributed by atoms with Crippen molar-refractivity contribution in [3.63, 3.8) is 0 Å². The average Bonchev–Trinajstić information content (AvgIpc) is 2.83. The summed E-state index contributed by atoms with van der Waals surface area (Å²) in [5, 5.41) is 0. The zero-order valence-corrected chi connectivity index (χ0v) is 12.6. The Labute approximate surface area is 127 Å². The quantitative estimate of drug-likeness (QED) is 0.801. The van der Waals surface area contributed by atoms with E-state index in [1.807, 2.05) is 0 Å². The van der Waals surface area contributed by atoms with E-state index in [4.69, 9.17) is 4.74 Å². The van der Waals surface area contributed by atoms with Crippen molar-refractivity contribution in [2.24, 2.45) is 0 Å². The molecule has 3 heterocycles. The minimum absolute atomic E-state index is 0.0238. The Morgan fingerprint density at radius 1 is 1.36 bits per heavy atom. The van der Waals surface area contributed by atoms with Crippen LogP contribution in [-0.2, 0) is 16.0 Å². The van der Waals surface area contributed by atoms with Gasteiger partial charge in [0.1, 0.15) is 12.4 Å². The number of aryl methyl sites for hydroxylation is 2. The number of ether oxygens (including phenoxy) is 1. The molecule has 0 aromatic carbocycles. The van der Waals surface area contributed by atoms with E-state index in [1.54, 1.807) is 23.6 Å². The van der Waals surface area contributed by atoms with Crippen molar-refractivity contribution < 1.29 is 14.3 Å². The van der Waals surface area contributed by atoms with Crippen molar-refractivity contribution in [2.75, 3.05) is 26.2 Å². The van der Waals surface area contributed by atoms with E-state index in [0.717, 1.165) is 0 Å². The third-order valence-corrected chi connectivity index (χ3v) is 4.14. The number of cyclic esters (lactones) is 1. The number of hydrogen-bond acceptors (Lipinski definition) is 5. The van der Waals surface area contributed by atoms with Gasteiger partial charge in [-0.1, -0.05) is 0 Å². The van der Waals surface area contributed by atoms with Crippen molar-refractivity contribution >= 4 is 12.0 Å². The number of nitrogens with one attached hydrogen (secondary N) is 1. The normalized spacial score (nSPS) is 20.8. The molecule has 2 aliphatic rings. The summed E-state index contributed by atoms with van der Waals surface area (Å²) in [6.45, 7) is 5.12. The van der Waals surface area contributed by atoms with Crippen LogP contribution in [0.1, 0.15) is 17.1 Å². The van der Waals surface area contributed by atoms with Gasteiger partial charge in [0, 0.05) is 30.9 Å². The number of amides is 2. The number of H-pyrrole nitrogens is 1. The van der Waals surface area contributed by atoms with Gasteiger partial charge in [-0.05, 0) is 13.8 Å². The van der Waals surface area contributed by atoms with Gasteiger partial charge in [0.2, 0.25) is 5.91 Å². The number of carbonyl (C=O) groups is 2. The van der Waals surface area contributed by atoms with E-state index in [2.05, 4.69) is 9.97 Å². The predicted octanol–water partition coefficient (Wildman–Crippen LogP) is -0.408. The lowest BCUT2D eigenvalue weighted by atomic mass is 10.1. The van der Waals surface area contributed by atoms with Gasteiger partial charge in [0.15, 0.2) is 0 Å². The molecule has 1 aromatic rings. The Hall–Kier alpha value is -2.38. The van der Waals surface area contributed by atoms with Gasteiger partial charge in [-0.25, -0.2) is 9.78 Å². The third kappa shape index (κ3) is 2.56. The van der Waals surface area contributed by atoms with Gasteiger partial charge >= 0.3 is 6.09 Å². The lowest BCUT2D eigenvalue weighted by molar-refractivity contribution is -0.132. The number of nitrogens with zero attached hydrogens (tertiary/aromatic N) is 3. The number of rotatable bonds is 2. The summed E-state index contributed by atoms with van der Waals surface area (Å²) in [4.78, 5) is 46.0. The second kappa shape index (κ2) is 5.43. The molecule has 22 heavy (non-hydrogen) atoms. The van der Waals surface area contributed by atoms with Crippen LogP contribution in [0, 0.1) is 13.8 Å². The zero-order chi connectivity index (χ0) is 15.9. The monoisotopic (exact) mass is 306 g/mol. The van der Waals surface area contributed by atoms with Gasteiger partial charge in [-0.3, -0.25) is 14.5 Å². The van der Waals surface area contributed by atoms with Crippen LogP contribution < -0.4 is 5.56 Å². The van der Waals surface area contributed by atoms with E-state index in [1.165, 1.54) is 0 Å². The summed E-state index contributed by atoms with van der Waals surface area (Å²) in [6, 6.07) is -0.0827. The topological polar surface area (TPSA) is 95.6 Å². The first-order chi connectivity index (χ1) is 10.5. The molecule has 8 nitrogen and oxygen atoms in total. The molecule has 1 atom stereocenters. The summed E-state index contributed by atoms with van der Waals surface area (Å²) in [5.74, 6) is 0.409. The molecule has 2 saturated heterocycles. The van der Waals surface area contributed by atoms with Crippen LogP contribution in [0.15, 0.2) is 4.79 Å². The number of fused-ring (bicyclic) bond motifs is 1. The van der Waals surface area contributed by atoms with Crippen molar-refractivity contribution in [3.8, 4) is 0 Å². The minimum atomic E-state index is -0.313. The molecule has 1 N–H and O–H groups in total. The highest BCUT2D eigenvalue weighted by Gasteiger charge is 2.38. The van der Waals surface area contributed by atoms with Crippen molar-refractivity contribution in [1.29, 1.82) is 0 Å². The summed E-state index contributed by atoms with van der Waals surface area (Å²) >= 11 is 0. The predicted molar refractivity (Wildman–Crippen MR) is 76.5 cm³/mol. The minimum Gasteiger partial charge on any atom is -0.447 e. The summed E-state index contributed by atoms with van der Waals surface area (Å²) in [6.07, 6.45) is -0.289. The molecule has 3 rings (SSSR count). The molecule has 0 radical (unpaired) electrons. The van der Waals surface area contributed by atoms with E-state index in [9.17, 15) is 14.4 Å². The molecule has 1 aromatic heterocycles. The number of aromatic nitrogens is 2. The molecule has 8 heteroatoms. The Morgan fingerprint density at radius 3 is 2.86 bits per heavy atom. The van der Waals surface area contributed by atoms with Crippen LogP contribution in [-0.4, -0.2) is 64.1 Å². The average molecular weight is 306 g/mol. The molecule has 0 bridgehead atoms. The van der Waals surface area contributed by atoms with Crippen LogP contribution >= 0.6 is 0 Å². The fourth-order valence-electron chi connectivity index (χ4n) is 2.94. The standard InChI is InChI=1S/C14H18N4O4/c1-8-11(13(20)16-9(2)15-8)5-12(19)17-3-4-18-10(6-17)7-22-14(18)21/h10H,3-7H2,1-2H3,(H,15,16,20)/t10-/m0/s1. The molecular formula is C14H18N4O4. The number of hydrogen-bond donors (Lipinski definition) is 1.